The molecule has 0 atom stereocenters. The molecule has 0 aliphatic rings. The van der Waals surface area contributed by atoms with Crippen molar-refractivity contribution in [1.29, 1.82) is 0 Å². The number of carbonyl (C=O) groups excluding carboxylic acids is 1. The van der Waals surface area contributed by atoms with Gasteiger partial charge in [0.15, 0.2) is 5.96 Å². The first-order valence-electron chi connectivity index (χ1n) is 6.46. The van der Waals surface area contributed by atoms with Crippen LogP contribution in [0.5, 0.6) is 0 Å². The molecule has 1 aromatic carbocycles. The average molecular weight is 287 g/mol. The maximum Gasteiger partial charge on any atom is 0.268 e. The van der Waals surface area contributed by atoms with Crippen molar-refractivity contribution in [2.75, 3.05) is 6.54 Å². The highest BCUT2D eigenvalue weighted by molar-refractivity contribution is 7.12. The van der Waals surface area contributed by atoms with Crippen LogP contribution in [0.15, 0.2) is 52.8 Å². The van der Waals surface area contributed by atoms with Crippen LogP contribution in [0, 0.1) is 0 Å². The molecule has 0 fully saturated rings. The predicted octanol–water partition coefficient (Wildman–Crippen LogP) is 2.64. The Balaban J connectivity index is 2.01. The van der Waals surface area contributed by atoms with E-state index in [0.29, 0.717) is 23.9 Å². The van der Waals surface area contributed by atoms with E-state index in [0.717, 1.165) is 5.56 Å². The number of aliphatic imine (C=N–C) groups is 1. The molecule has 2 N–H and O–H groups in total. The van der Waals surface area contributed by atoms with Crippen LogP contribution >= 0.6 is 11.3 Å². The summed E-state index contributed by atoms with van der Waals surface area (Å²) in [6.45, 7) is 3.21. The van der Waals surface area contributed by atoms with Crippen LogP contribution in [-0.2, 0) is 6.54 Å². The summed E-state index contributed by atoms with van der Waals surface area (Å²) in [5.41, 5.74) is 1.10. The minimum atomic E-state index is -0.132. The van der Waals surface area contributed by atoms with E-state index in [1.165, 1.54) is 11.3 Å². The van der Waals surface area contributed by atoms with Gasteiger partial charge in [-0.05, 0) is 23.9 Å². The molecule has 0 aliphatic carbocycles. The zero-order chi connectivity index (χ0) is 14.2. The first-order chi connectivity index (χ1) is 9.79. The summed E-state index contributed by atoms with van der Waals surface area (Å²) in [6, 6.07) is 13.6. The lowest BCUT2D eigenvalue weighted by Crippen LogP contribution is -2.40. The van der Waals surface area contributed by atoms with Gasteiger partial charge in [0, 0.05) is 6.54 Å². The molecule has 2 aromatic rings. The normalized spacial score (nSPS) is 11.2. The number of benzene rings is 1. The van der Waals surface area contributed by atoms with E-state index in [9.17, 15) is 4.79 Å². The lowest BCUT2D eigenvalue weighted by atomic mass is 10.2. The second-order valence-corrected chi connectivity index (χ2v) is 5.06. The quantitative estimate of drug-likeness (QED) is 0.671. The van der Waals surface area contributed by atoms with Crippen LogP contribution in [-0.4, -0.2) is 18.4 Å². The Bertz CT molecular complexity index is 564. The van der Waals surface area contributed by atoms with Crippen LogP contribution in [0.25, 0.3) is 0 Å². The molecule has 0 aliphatic heterocycles. The molecule has 0 unspecified atom stereocenters. The van der Waals surface area contributed by atoms with Gasteiger partial charge in [-0.1, -0.05) is 36.4 Å². The molecule has 2 rings (SSSR count). The van der Waals surface area contributed by atoms with Crippen molar-refractivity contribution in [3.05, 3.63) is 58.3 Å². The predicted molar refractivity (Wildman–Crippen MR) is 83.0 cm³/mol. The summed E-state index contributed by atoms with van der Waals surface area (Å²) in [5.74, 6) is 0.377. The molecule has 1 heterocycles. The molecule has 20 heavy (non-hydrogen) atoms. The van der Waals surface area contributed by atoms with Crippen molar-refractivity contribution in [3.8, 4) is 0 Å². The van der Waals surface area contributed by atoms with E-state index in [2.05, 4.69) is 15.6 Å². The zero-order valence-corrected chi connectivity index (χ0v) is 12.1. The van der Waals surface area contributed by atoms with E-state index in [1.807, 2.05) is 48.7 Å². The van der Waals surface area contributed by atoms with Crippen molar-refractivity contribution < 1.29 is 4.79 Å². The Labute approximate surface area is 122 Å². The van der Waals surface area contributed by atoms with Gasteiger partial charge in [0.25, 0.3) is 5.91 Å². The molecule has 0 spiro atoms. The lowest BCUT2D eigenvalue weighted by molar-refractivity contribution is 0.0979. The SMILES string of the molecule is CCNC(=NCc1ccccc1)NC(=O)c1cccs1. The molecule has 1 amide bonds. The number of nitrogens with zero attached hydrogens (tertiary/aromatic N) is 1. The van der Waals surface area contributed by atoms with E-state index >= 15 is 0 Å². The molecule has 0 bridgehead atoms. The molecule has 1 aromatic heterocycles. The second kappa shape index (κ2) is 7.45. The van der Waals surface area contributed by atoms with Crippen molar-refractivity contribution in [2.45, 2.75) is 13.5 Å². The fourth-order valence-electron chi connectivity index (χ4n) is 1.64. The number of rotatable bonds is 4. The molecule has 0 radical (unpaired) electrons. The van der Waals surface area contributed by atoms with Gasteiger partial charge < -0.3 is 5.32 Å². The fourth-order valence-corrected chi connectivity index (χ4v) is 2.26. The summed E-state index contributed by atoms with van der Waals surface area (Å²) in [7, 11) is 0. The highest BCUT2D eigenvalue weighted by atomic mass is 32.1. The molecular formula is C15H17N3OS. The van der Waals surface area contributed by atoms with Crippen LogP contribution in [0.3, 0.4) is 0 Å². The Morgan fingerprint density at radius 1 is 1.20 bits per heavy atom. The van der Waals surface area contributed by atoms with E-state index < -0.39 is 0 Å². The second-order valence-electron chi connectivity index (χ2n) is 4.11. The average Bonchev–Trinajstić information content (AvgIpc) is 3.00. The molecule has 5 heteroatoms. The third kappa shape index (κ3) is 4.20. The van der Waals surface area contributed by atoms with Crippen LogP contribution < -0.4 is 10.6 Å². The summed E-state index contributed by atoms with van der Waals surface area (Å²) in [5, 5.41) is 7.75. The smallest absolute Gasteiger partial charge is 0.268 e. The Hall–Kier alpha value is -2.14. The number of amides is 1. The maximum atomic E-state index is 12.0. The maximum absolute atomic E-state index is 12.0. The molecule has 0 saturated heterocycles. The fraction of sp³-hybridized carbons (Fsp3) is 0.200. The first-order valence-corrected chi connectivity index (χ1v) is 7.34. The lowest BCUT2D eigenvalue weighted by Gasteiger charge is -2.09. The summed E-state index contributed by atoms with van der Waals surface area (Å²) >= 11 is 1.41. The zero-order valence-electron chi connectivity index (χ0n) is 11.3. The van der Waals surface area contributed by atoms with Crippen molar-refractivity contribution >= 4 is 23.2 Å². The number of thiophene rings is 1. The van der Waals surface area contributed by atoms with Crippen LogP contribution in [0.2, 0.25) is 0 Å². The van der Waals surface area contributed by atoms with Gasteiger partial charge in [-0.15, -0.1) is 11.3 Å². The van der Waals surface area contributed by atoms with E-state index in [4.69, 9.17) is 0 Å². The Kier molecular flexibility index (Phi) is 5.32. The first kappa shape index (κ1) is 14.3. The van der Waals surface area contributed by atoms with E-state index in [-0.39, 0.29) is 5.91 Å². The third-order valence-corrected chi connectivity index (χ3v) is 3.45. The highest BCUT2D eigenvalue weighted by Crippen LogP contribution is 2.07. The standard InChI is InChI=1S/C15H17N3OS/c1-2-16-15(17-11-12-7-4-3-5-8-12)18-14(19)13-9-6-10-20-13/h3-10H,2,11H2,1H3,(H2,16,17,18,19). The van der Waals surface area contributed by atoms with Gasteiger partial charge in [-0.25, -0.2) is 4.99 Å². The van der Waals surface area contributed by atoms with Gasteiger partial charge in [0.1, 0.15) is 0 Å². The number of carbonyl (C=O) groups is 1. The monoisotopic (exact) mass is 287 g/mol. The van der Waals surface area contributed by atoms with Crippen molar-refractivity contribution in [2.24, 2.45) is 4.99 Å². The van der Waals surface area contributed by atoms with Gasteiger partial charge in [-0.2, -0.15) is 0 Å². The third-order valence-electron chi connectivity index (χ3n) is 2.58. The van der Waals surface area contributed by atoms with Gasteiger partial charge in [0.2, 0.25) is 0 Å². The number of hydrogen-bond acceptors (Lipinski definition) is 3. The van der Waals surface area contributed by atoms with Crippen molar-refractivity contribution in [3.63, 3.8) is 0 Å². The molecular weight excluding hydrogens is 270 g/mol. The van der Waals surface area contributed by atoms with Gasteiger partial charge >= 0.3 is 0 Å². The summed E-state index contributed by atoms with van der Waals surface area (Å²) < 4.78 is 0. The van der Waals surface area contributed by atoms with E-state index in [1.54, 1.807) is 6.07 Å². The van der Waals surface area contributed by atoms with Crippen LogP contribution in [0.1, 0.15) is 22.2 Å². The minimum Gasteiger partial charge on any atom is -0.356 e. The van der Waals surface area contributed by atoms with Gasteiger partial charge in [0.05, 0.1) is 11.4 Å². The minimum absolute atomic E-state index is 0.132. The Morgan fingerprint density at radius 3 is 2.65 bits per heavy atom. The topological polar surface area (TPSA) is 53.5 Å². The number of guanidine groups is 1. The number of nitrogens with one attached hydrogen (secondary N) is 2. The summed E-state index contributed by atoms with van der Waals surface area (Å²) in [4.78, 5) is 17.1. The molecule has 4 nitrogen and oxygen atoms in total. The summed E-state index contributed by atoms with van der Waals surface area (Å²) in [6.07, 6.45) is 0. The largest absolute Gasteiger partial charge is 0.356 e. The highest BCUT2D eigenvalue weighted by Gasteiger charge is 2.08. The molecule has 104 valence electrons. The number of hydrogen-bond donors (Lipinski definition) is 2. The Morgan fingerprint density at radius 2 is 2.00 bits per heavy atom. The molecule has 0 saturated carbocycles. The van der Waals surface area contributed by atoms with Crippen LogP contribution in [0.4, 0.5) is 0 Å². The van der Waals surface area contributed by atoms with Crippen molar-refractivity contribution in [1.82, 2.24) is 10.6 Å². The van der Waals surface area contributed by atoms with Gasteiger partial charge in [-0.3, -0.25) is 10.1 Å².